The molecule has 9 aromatic heterocycles. The van der Waals surface area contributed by atoms with Crippen molar-refractivity contribution in [3.63, 3.8) is 0 Å². The Balaban J connectivity index is 0.000000106. The first kappa shape index (κ1) is 82.3. The number of thiophene rings is 2. The molecule has 0 N–H and O–H groups in total. The van der Waals surface area contributed by atoms with E-state index in [1.54, 1.807) is 11.3 Å². The molecule has 9 heterocycles. The highest BCUT2D eigenvalue weighted by Gasteiger charge is 2.37. The molecule has 0 saturated heterocycles. The van der Waals surface area contributed by atoms with Crippen LogP contribution in [0.1, 0.15) is 25.0 Å². The molecular formula is C126H80N12OS2. The number of rotatable bonds is 12. The van der Waals surface area contributed by atoms with Crippen molar-refractivity contribution in [2.45, 2.75) is 19.3 Å². The molecule has 0 saturated carbocycles. The number of furan rings is 1. The zero-order valence-corrected chi connectivity index (χ0v) is 77.9. The second kappa shape index (κ2) is 33.7. The number of hydrogen-bond acceptors (Lipinski definition) is 12. The molecule has 0 unspecified atom stereocenters. The lowest BCUT2D eigenvalue weighted by molar-refractivity contribution is 0.661. The fraction of sp³-hybridized carbons (Fsp3) is 0.0238. The molecule has 0 radical (unpaired) electrons. The fourth-order valence-electron chi connectivity index (χ4n) is 20.9. The van der Waals surface area contributed by atoms with Crippen LogP contribution in [-0.2, 0) is 5.41 Å². The molecule has 141 heavy (non-hydrogen) atoms. The first-order valence-electron chi connectivity index (χ1n) is 47.3. The van der Waals surface area contributed by atoms with E-state index < -0.39 is 0 Å². The molecule has 1 aliphatic carbocycles. The van der Waals surface area contributed by atoms with Gasteiger partial charge in [0.05, 0.1) is 38.5 Å². The van der Waals surface area contributed by atoms with Gasteiger partial charge in [-0.2, -0.15) is 19.9 Å². The molecular weight excluding hydrogens is 1760 g/mol. The average Bonchev–Trinajstić information content (AvgIpc) is 1.55. The highest BCUT2D eigenvalue weighted by molar-refractivity contribution is 7.27. The van der Waals surface area contributed by atoms with Crippen molar-refractivity contribution in [2.24, 2.45) is 0 Å². The minimum atomic E-state index is -0.0726. The van der Waals surface area contributed by atoms with Crippen molar-refractivity contribution < 1.29 is 4.42 Å². The summed E-state index contributed by atoms with van der Waals surface area (Å²) in [5.41, 5.74) is 26.0. The predicted octanol–water partition coefficient (Wildman–Crippen LogP) is 32.9. The van der Waals surface area contributed by atoms with Crippen LogP contribution in [0.4, 0.5) is 0 Å². The van der Waals surface area contributed by atoms with Gasteiger partial charge in [-0.05, 0) is 142 Å². The molecule has 662 valence electrons. The van der Waals surface area contributed by atoms with Gasteiger partial charge in [0.1, 0.15) is 11.2 Å². The third kappa shape index (κ3) is 14.1. The molecule has 0 bridgehead atoms. The summed E-state index contributed by atoms with van der Waals surface area (Å²) < 4.78 is 18.4. The minimum absolute atomic E-state index is 0.0726. The van der Waals surface area contributed by atoms with E-state index in [4.69, 9.17) is 49.3 Å². The van der Waals surface area contributed by atoms with Gasteiger partial charge in [-0.3, -0.25) is 9.13 Å². The molecule has 0 atom stereocenters. The van der Waals surface area contributed by atoms with Gasteiger partial charge in [0.25, 0.3) is 0 Å². The Morgan fingerprint density at radius 2 is 0.589 bits per heavy atom. The molecule has 13 nitrogen and oxygen atoms in total. The van der Waals surface area contributed by atoms with Crippen LogP contribution in [-0.4, -0.2) is 58.6 Å². The number of benzene rings is 19. The maximum atomic E-state index is 6.64. The lowest BCUT2D eigenvalue weighted by Crippen LogP contribution is -2.14. The summed E-state index contributed by atoms with van der Waals surface area (Å²) in [5, 5.41) is 14.2. The number of hydrogen-bond donors (Lipinski definition) is 0. The van der Waals surface area contributed by atoms with Crippen molar-refractivity contribution in [3.8, 4) is 131 Å². The maximum Gasteiger partial charge on any atom is 0.238 e. The number of aromatic nitrogens is 12. The Kier molecular flexibility index (Phi) is 19.7. The van der Waals surface area contributed by atoms with E-state index in [2.05, 4.69) is 343 Å². The second-order valence-corrected chi connectivity index (χ2v) is 38.3. The molecule has 28 aromatic rings. The van der Waals surface area contributed by atoms with E-state index in [0.29, 0.717) is 52.7 Å². The van der Waals surface area contributed by atoms with Crippen LogP contribution in [0, 0.1) is 0 Å². The highest BCUT2D eigenvalue weighted by Crippen LogP contribution is 2.53. The van der Waals surface area contributed by atoms with Crippen LogP contribution in [0.15, 0.2) is 453 Å². The van der Waals surface area contributed by atoms with Crippen molar-refractivity contribution in [1.82, 2.24) is 58.6 Å². The topological polar surface area (TPSA) is 144 Å². The molecule has 29 rings (SSSR count). The summed E-state index contributed by atoms with van der Waals surface area (Å²) >= 11 is 3.62. The third-order valence-electron chi connectivity index (χ3n) is 27.6. The number of nitrogens with zero attached hydrogens (tertiary/aromatic N) is 12. The smallest absolute Gasteiger partial charge is 0.238 e. The first-order valence-corrected chi connectivity index (χ1v) is 48.9. The molecule has 0 fully saturated rings. The van der Waals surface area contributed by atoms with E-state index in [1.165, 1.54) is 96.0 Å². The largest absolute Gasteiger partial charge is 0.455 e. The summed E-state index contributed by atoms with van der Waals surface area (Å²) in [6, 6.07) is 157. The summed E-state index contributed by atoms with van der Waals surface area (Å²) in [4.78, 5) is 45.7. The van der Waals surface area contributed by atoms with Gasteiger partial charge in [-0.15, -0.1) is 22.7 Å². The minimum Gasteiger partial charge on any atom is -0.455 e. The number of para-hydroxylation sites is 3. The standard InChI is InChI=1S/C45H26N4OS.C42H30N4.C39H24N4S/c1-3-12-27(13-4-1)29-22-23-34-37(26-29)49(36-25-24-32-30-16-7-9-20-38(30)50-41(32)40(34)36)45-47-43(28-14-5-2-6-15-28)46-44(48-45)35-19-11-18-33-31-17-8-10-21-39(31)51-42(33)35;1-42(2)35-19-11-9-17-31(35)33-25-34-32-18-10-12-20-37(32)46(38(34)26-36(33)42)30-23-21-29(22-24-30)41-44-39(27-13-5-3-6-14-27)43-40(45-41)28-15-7-4-8-16-28;1-3-11-25(12-4-1)26-19-21-28(22-20-26)38-40-37(27-13-5-2-6-14-27)41-39(42-38)43-32-17-9-7-16-31(32)35-33(43)24-23-30-29-15-8-10-18-34(29)44-36(30)35/h1-26H;3-26H,1-2H3;1-24H. The lowest BCUT2D eigenvalue weighted by atomic mass is 9.82. The van der Waals surface area contributed by atoms with Crippen molar-refractivity contribution in [3.05, 3.63) is 460 Å². The second-order valence-electron chi connectivity index (χ2n) is 36.2. The van der Waals surface area contributed by atoms with Crippen molar-refractivity contribution >= 4 is 150 Å². The monoisotopic (exact) mass is 1840 g/mol. The lowest BCUT2D eigenvalue weighted by Gasteiger charge is -2.21. The Morgan fingerprint density at radius 1 is 0.213 bits per heavy atom. The Morgan fingerprint density at radius 3 is 1.18 bits per heavy atom. The average molecular weight is 1840 g/mol. The van der Waals surface area contributed by atoms with Gasteiger partial charge >= 0.3 is 0 Å². The van der Waals surface area contributed by atoms with Gasteiger partial charge in [0.2, 0.25) is 11.9 Å². The van der Waals surface area contributed by atoms with Crippen LogP contribution < -0.4 is 0 Å². The highest BCUT2D eigenvalue weighted by atomic mass is 32.1. The molecule has 0 spiro atoms. The van der Waals surface area contributed by atoms with E-state index >= 15 is 0 Å². The molecule has 19 aromatic carbocycles. The van der Waals surface area contributed by atoms with E-state index in [1.807, 2.05) is 145 Å². The van der Waals surface area contributed by atoms with Crippen molar-refractivity contribution in [1.29, 1.82) is 0 Å². The Labute approximate surface area is 817 Å². The predicted molar refractivity (Wildman–Crippen MR) is 582 cm³/mol. The SMILES string of the molecule is CC1(C)c2ccccc2-c2cc3c4ccccc4n(-c4ccc(-c5nc(-c6ccccc6)nc(-c6ccccc6)n5)cc4)c3cc21.c1ccc(-c2ccc(-c3nc(-c4ccccc4)nc(-n4c5ccccc5c5c6sc7ccccc7c6ccc54)n3)cc2)cc1.c1ccc(-c2ccc3c4c5oc6ccccc6c5ccc4n(-c4nc(-c5ccccc5)nc(-c5cccc6c5sc5ccccc56)n4)c3c2)cc1. The van der Waals surface area contributed by atoms with Gasteiger partial charge in [0.15, 0.2) is 40.8 Å². The maximum absolute atomic E-state index is 6.64. The zero-order valence-electron chi connectivity index (χ0n) is 76.3. The van der Waals surface area contributed by atoms with E-state index in [9.17, 15) is 0 Å². The van der Waals surface area contributed by atoms with Gasteiger partial charge < -0.3 is 8.98 Å². The van der Waals surface area contributed by atoms with Crippen LogP contribution in [0.5, 0.6) is 0 Å². The molecule has 0 aliphatic heterocycles. The fourth-order valence-corrected chi connectivity index (χ4v) is 23.3. The molecule has 1 aliphatic rings. The van der Waals surface area contributed by atoms with Crippen LogP contribution in [0.2, 0.25) is 0 Å². The number of fused-ring (bicyclic) bond motifs is 23. The Bertz CT molecular complexity index is 9770. The molecule has 15 heteroatoms. The third-order valence-corrected chi connectivity index (χ3v) is 30.1. The van der Waals surface area contributed by atoms with E-state index in [0.717, 1.165) is 121 Å². The summed E-state index contributed by atoms with van der Waals surface area (Å²) in [5.74, 6) is 5.67. The quantitative estimate of drug-likeness (QED) is 0.116. The summed E-state index contributed by atoms with van der Waals surface area (Å²) in [6.07, 6.45) is 0. The van der Waals surface area contributed by atoms with Gasteiger partial charge in [-0.1, -0.05) is 366 Å². The zero-order chi connectivity index (χ0) is 93.3. The van der Waals surface area contributed by atoms with Crippen molar-refractivity contribution in [2.75, 3.05) is 0 Å². The summed E-state index contributed by atoms with van der Waals surface area (Å²) in [7, 11) is 0. The first-order chi connectivity index (χ1) is 69.7. The normalized spacial score (nSPS) is 12.2. The van der Waals surface area contributed by atoms with Gasteiger partial charge in [0, 0.05) is 128 Å². The van der Waals surface area contributed by atoms with Crippen LogP contribution in [0.3, 0.4) is 0 Å². The van der Waals surface area contributed by atoms with Crippen LogP contribution in [0.25, 0.3) is 258 Å². The van der Waals surface area contributed by atoms with Gasteiger partial charge in [-0.25, -0.2) is 24.9 Å². The summed E-state index contributed by atoms with van der Waals surface area (Å²) in [6.45, 7) is 4.68. The molecule has 0 amide bonds. The van der Waals surface area contributed by atoms with Crippen LogP contribution >= 0.6 is 22.7 Å². The van der Waals surface area contributed by atoms with E-state index in [-0.39, 0.29) is 5.41 Å². The Hall–Kier alpha value is -18.2.